The van der Waals surface area contributed by atoms with E-state index >= 15 is 0 Å². The SMILES string of the molecule is COc1cc2c(=O)n(C)cnc2cc1OC(C)=O. The van der Waals surface area contributed by atoms with Crippen molar-refractivity contribution < 1.29 is 14.3 Å². The Morgan fingerprint density at radius 2 is 2.06 bits per heavy atom. The summed E-state index contributed by atoms with van der Waals surface area (Å²) in [7, 11) is 3.05. The summed E-state index contributed by atoms with van der Waals surface area (Å²) in [5.74, 6) is 0.109. The second-order valence-electron chi connectivity index (χ2n) is 3.77. The van der Waals surface area contributed by atoms with Gasteiger partial charge in [-0.25, -0.2) is 4.98 Å². The number of methoxy groups -OCH3 is 1. The van der Waals surface area contributed by atoms with Crippen LogP contribution in [0.15, 0.2) is 23.3 Å². The van der Waals surface area contributed by atoms with Crippen LogP contribution in [0.1, 0.15) is 6.92 Å². The molecule has 0 fully saturated rings. The van der Waals surface area contributed by atoms with Gasteiger partial charge in [-0.15, -0.1) is 0 Å². The van der Waals surface area contributed by atoms with Gasteiger partial charge in [0.1, 0.15) is 0 Å². The van der Waals surface area contributed by atoms with Crippen molar-refractivity contribution in [3.8, 4) is 11.5 Å². The van der Waals surface area contributed by atoms with E-state index in [1.54, 1.807) is 7.05 Å². The smallest absolute Gasteiger partial charge is 0.308 e. The van der Waals surface area contributed by atoms with Crippen molar-refractivity contribution in [2.45, 2.75) is 6.92 Å². The lowest BCUT2D eigenvalue weighted by molar-refractivity contribution is -0.131. The van der Waals surface area contributed by atoms with Crippen molar-refractivity contribution in [2.75, 3.05) is 7.11 Å². The molecule has 6 heteroatoms. The number of carbonyl (C=O) groups is 1. The van der Waals surface area contributed by atoms with Crippen LogP contribution in [0.25, 0.3) is 10.9 Å². The molecule has 0 amide bonds. The molecule has 0 spiro atoms. The van der Waals surface area contributed by atoms with E-state index in [9.17, 15) is 9.59 Å². The lowest BCUT2D eigenvalue weighted by Gasteiger charge is -2.09. The van der Waals surface area contributed by atoms with E-state index in [-0.39, 0.29) is 11.3 Å². The maximum absolute atomic E-state index is 11.9. The number of benzene rings is 1. The number of rotatable bonds is 2. The monoisotopic (exact) mass is 248 g/mol. The Bertz CT molecular complexity index is 676. The zero-order chi connectivity index (χ0) is 13.3. The van der Waals surface area contributed by atoms with Crippen LogP contribution in [0.4, 0.5) is 0 Å². The highest BCUT2D eigenvalue weighted by Crippen LogP contribution is 2.30. The van der Waals surface area contributed by atoms with Crippen molar-refractivity contribution in [3.63, 3.8) is 0 Å². The van der Waals surface area contributed by atoms with Crippen molar-refractivity contribution in [3.05, 3.63) is 28.8 Å². The van der Waals surface area contributed by atoms with Gasteiger partial charge in [0.15, 0.2) is 11.5 Å². The summed E-state index contributed by atoms with van der Waals surface area (Å²) in [5, 5.41) is 0.410. The number of aromatic nitrogens is 2. The molecule has 0 aliphatic heterocycles. The highest BCUT2D eigenvalue weighted by molar-refractivity contribution is 5.83. The molecule has 0 N–H and O–H groups in total. The molecule has 0 aliphatic rings. The zero-order valence-electron chi connectivity index (χ0n) is 10.3. The van der Waals surface area contributed by atoms with Gasteiger partial charge in [-0.1, -0.05) is 0 Å². The Morgan fingerprint density at radius 3 is 2.67 bits per heavy atom. The highest BCUT2D eigenvalue weighted by Gasteiger charge is 2.12. The third kappa shape index (κ3) is 2.04. The largest absolute Gasteiger partial charge is 0.493 e. The maximum Gasteiger partial charge on any atom is 0.308 e. The summed E-state index contributed by atoms with van der Waals surface area (Å²) in [6.45, 7) is 1.29. The lowest BCUT2D eigenvalue weighted by atomic mass is 10.2. The molecule has 6 nitrogen and oxygen atoms in total. The van der Waals surface area contributed by atoms with Gasteiger partial charge in [-0.3, -0.25) is 9.59 Å². The van der Waals surface area contributed by atoms with E-state index in [0.717, 1.165) is 0 Å². The van der Waals surface area contributed by atoms with Crippen LogP contribution in [0.5, 0.6) is 11.5 Å². The van der Waals surface area contributed by atoms with Crippen LogP contribution < -0.4 is 15.0 Å². The molecule has 0 atom stereocenters. The molecular formula is C12H12N2O4. The number of esters is 1. The summed E-state index contributed by atoms with van der Waals surface area (Å²) < 4.78 is 11.5. The summed E-state index contributed by atoms with van der Waals surface area (Å²) in [6.07, 6.45) is 1.41. The van der Waals surface area contributed by atoms with Crippen LogP contribution in [0, 0.1) is 0 Å². The molecule has 2 rings (SSSR count). The Hall–Kier alpha value is -2.37. The molecule has 0 aliphatic carbocycles. The van der Waals surface area contributed by atoms with Crippen LogP contribution >= 0.6 is 0 Å². The second kappa shape index (κ2) is 4.48. The fraction of sp³-hybridized carbons (Fsp3) is 0.250. The predicted octanol–water partition coefficient (Wildman–Crippen LogP) is 0.867. The van der Waals surface area contributed by atoms with Gasteiger partial charge in [0.05, 0.1) is 24.3 Å². The Morgan fingerprint density at radius 1 is 1.33 bits per heavy atom. The summed E-state index contributed by atoms with van der Waals surface area (Å²) in [5.41, 5.74) is 0.267. The van der Waals surface area contributed by atoms with Gasteiger partial charge in [-0.2, -0.15) is 0 Å². The molecule has 0 unspecified atom stereocenters. The maximum atomic E-state index is 11.9. The summed E-state index contributed by atoms with van der Waals surface area (Å²) in [6, 6.07) is 3.03. The van der Waals surface area contributed by atoms with Gasteiger partial charge in [0, 0.05) is 20.0 Å². The van der Waals surface area contributed by atoms with E-state index in [2.05, 4.69) is 4.98 Å². The third-order valence-electron chi connectivity index (χ3n) is 2.46. The molecule has 0 radical (unpaired) electrons. The number of nitrogens with zero attached hydrogens (tertiary/aromatic N) is 2. The van der Waals surface area contributed by atoms with Crippen molar-refractivity contribution in [2.24, 2.45) is 7.05 Å². The highest BCUT2D eigenvalue weighted by atomic mass is 16.6. The van der Waals surface area contributed by atoms with Crippen LogP contribution in [-0.2, 0) is 11.8 Å². The standard InChI is InChI=1S/C12H12N2O4/c1-7(15)18-11-5-9-8(4-10(11)17-3)12(16)14(2)6-13-9/h4-6H,1-3H3. The normalized spacial score (nSPS) is 10.4. The second-order valence-corrected chi connectivity index (χ2v) is 3.77. The van der Waals surface area contributed by atoms with E-state index in [4.69, 9.17) is 9.47 Å². The van der Waals surface area contributed by atoms with E-state index in [1.165, 1.54) is 37.1 Å². The quantitative estimate of drug-likeness (QED) is 0.582. The molecule has 1 aromatic heterocycles. The van der Waals surface area contributed by atoms with E-state index < -0.39 is 5.97 Å². The van der Waals surface area contributed by atoms with Gasteiger partial charge in [-0.05, 0) is 6.07 Å². The Labute approximate surface area is 103 Å². The lowest BCUT2D eigenvalue weighted by Crippen LogP contribution is -2.17. The summed E-state index contributed by atoms with van der Waals surface area (Å²) >= 11 is 0. The van der Waals surface area contributed by atoms with E-state index in [0.29, 0.717) is 16.7 Å². The number of fused-ring (bicyclic) bond motifs is 1. The number of ether oxygens (including phenoxy) is 2. The van der Waals surface area contributed by atoms with Gasteiger partial charge < -0.3 is 14.0 Å². The molecule has 94 valence electrons. The van der Waals surface area contributed by atoms with Gasteiger partial charge in [0.25, 0.3) is 5.56 Å². The van der Waals surface area contributed by atoms with Crippen molar-refractivity contribution in [1.82, 2.24) is 9.55 Å². The number of hydrogen-bond acceptors (Lipinski definition) is 5. The Kier molecular flexibility index (Phi) is 3.01. The molecule has 0 saturated carbocycles. The van der Waals surface area contributed by atoms with Crippen LogP contribution in [0.2, 0.25) is 0 Å². The number of aryl methyl sites for hydroxylation is 1. The number of hydrogen-bond donors (Lipinski definition) is 0. The first-order chi connectivity index (χ1) is 8.52. The predicted molar refractivity (Wildman–Crippen MR) is 64.8 cm³/mol. The minimum Gasteiger partial charge on any atom is -0.493 e. The van der Waals surface area contributed by atoms with Crippen molar-refractivity contribution >= 4 is 16.9 Å². The Balaban J connectivity index is 2.72. The third-order valence-corrected chi connectivity index (χ3v) is 2.46. The zero-order valence-corrected chi connectivity index (χ0v) is 10.3. The topological polar surface area (TPSA) is 70.4 Å². The van der Waals surface area contributed by atoms with Crippen LogP contribution in [-0.4, -0.2) is 22.6 Å². The minimum atomic E-state index is -0.462. The molecule has 2 aromatic rings. The summed E-state index contributed by atoms with van der Waals surface area (Å²) in [4.78, 5) is 27.0. The molecule has 0 bridgehead atoms. The van der Waals surface area contributed by atoms with Crippen molar-refractivity contribution in [1.29, 1.82) is 0 Å². The average Bonchev–Trinajstić information content (AvgIpc) is 2.33. The van der Waals surface area contributed by atoms with Crippen LogP contribution in [0.3, 0.4) is 0 Å². The fourth-order valence-corrected chi connectivity index (χ4v) is 1.61. The van der Waals surface area contributed by atoms with Gasteiger partial charge in [0.2, 0.25) is 0 Å². The molecular weight excluding hydrogens is 236 g/mol. The molecule has 18 heavy (non-hydrogen) atoms. The molecule has 1 aromatic carbocycles. The first kappa shape index (κ1) is 12.1. The molecule has 0 saturated heterocycles. The molecule has 1 heterocycles. The van der Waals surface area contributed by atoms with E-state index in [1.807, 2.05) is 0 Å². The first-order valence-electron chi connectivity index (χ1n) is 5.24. The first-order valence-corrected chi connectivity index (χ1v) is 5.24. The average molecular weight is 248 g/mol. The number of carbonyl (C=O) groups excluding carboxylic acids is 1. The van der Waals surface area contributed by atoms with Gasteiger partial charge >= 0.3 is 5.97 Å². The fourth-order valence-electron chi connectivity index (χ4n) is 1.61. The minimum absolute atomic E-state index is 0.187.